The first-order valence-corrected chi connectivity index (χ1v) is 10.4. The summed E-state index contributed by atoms with van der Waals surface area (Å²) in [5, 5.41) is 2.90. The van der Waals surface area contributed by atoms with Crippen molar-refractivity contribution in [3.05, 3.63) is 53.6 Å². The van der Waals surface area contributed by atoms with Crippen LogP contribution in [-0.4, -0.2) is 40.8 Å². The molecule has 2 aromatic rings. The summed E-state index contributed by atoms with van der Waals surface area (Å²) < 4.78 is 5.13. The highest BCUT2D eigenvalue weighted by Gasteiger charge is 2.35. The van der Waals surface area contributed by atoms with Gasteiger partial charge in [-0.1, -0.05) is 17.8 Å². The molecule has 0 bridgehead atoms. The number of hydrogen-bond acceptors (Lipinski definition) is 5. The molecule has 1 fully saturated rings. The molecule has 0 aliphatic carbocycles. The van der Waals surface area contributed by atoms with Gasteiger partial charge in [-0.05, 0) is 68.3 Å². The maximum absolute atomic E-state index is 12.8. The maximum atomic E-state index is 12.8. The number of thioether (sulfide) groups is 1. The van der Waals surface area contributed by atoms with Crippen molar-refractivity contribution in [2.75, 3.05) is 19.0 Å². The van der Waals surface area contributed by atoms with Gasteiger partial charge >= 0.3 is 0 Å². The third kappa shape index (κ3) is 4.98. The lowest BCUT2D eigenvalue weighted by Gasteiger charge is -2.31. The Kier molecular flexibility index (Phi) is 6.59. The molecule has 1 saturated heterocycles. The molecular weight excluding hydrogens is 386 g/mol. The smallest absolute Gasteiger partial charge is 0.238 e. The van der Waals surface area contributed by atoms with E-state index in [1.165, 1.54) is 17.3 Å². The van der Waals surface area contributed by atoms with E-state index in [9.17, 15) is 9.59 Å². The Labute approximate surface area is 175 Å². The van der Waals surface area contributed by atoms with E-state index in [4.69, 9.17) is 4.74 Å². The van der Waals surface area contributed by atoms with Crippen LogP contribution in [0.5, 0.6) is 5.75 Å². The molecule has 29 heavy (non-hydrogen) atoms. The summed E-state index contributed by atoms with van der Waals surface area (Å²) in [5.74, 6) is 0.410. The quantitative estimate of drug-likeness (QED) is 0.797. The van der Waals surface area contributed by atoms with Gasteiger partial charge in [-0.3, -0.25) is 14.5 Å². The molecule has 1 N–H and O–H groups in total. The zero-order chi connectivity index (χ0) is 21.0. The Morgan fingerprint density at radius 3 is 2.55 bits per heavy atom. The molecule has 152 valence electrons. The highest BCUT2D eigenvalue weighted by Crippen LogP contribution is 2.30. The molecular formula is C22H25N3O3S. The van der Waals surface area contributed by atoms with Crippen LogP contribution in [0.15, 0.2) is 47.5 Å². The molecule has 0 aromatic heterocycles. The summed E-state index contributed by atoms with van der Waals surface area (Å²) in [6.07, 6.45) is 0.145. The summed E-state index contributed by atoms with van der Waals surface area (Å²) in [5.41, 5.74) is 3.76. The van der Waals surface area contributed by atoms with Crippen molar-refractivity contribution >= 4 is 40.1 Å². The van der Waals surface area contributed by atoms with E-state index in [2.05, 4.69) is 10.3 Å². The van der Waals surface area contributed by atoms with Gasteiger partial charge < -0.3 is 10.1 Å². The number of hydrogen-bond donors (Lipinski definition) is 1. The van der Waals surface area contributed by atoms with Gasteiger partial charge in [0.05, 0.1) is 12.8 Å². The van der Waals surface area contributed by atoms with Gasteiger partial charge in [0, 0.05) is 18.7 Å². The second kappa shape index (κ2) is 9.13. The van der Waals surface area contributed by atoms with Gasteiger partial charge in [0.1, 0.15) is 11.0 Å². The van der Waals surface area contributed by atoms with E-state index in [1.807, 2.05) is 39.0 Å². The lowest BCUT2D eigenvalue weighted by Crippen LogP contribution is -2.45. The highest BCUT2D eigenvalue weighted by molar-refractivity contribution is 8.15. The minimum absolute atomic E-state index is 0.0938. The third-order valence-electron chi connectivity index (χ3n) is 4.82. The van der Waals surface area contributed by atoms with Gasteiger partial charge in [-0.25, -0.2) is 4.99 Å². The van der Waals surface area contributed by atoms with Gasteiger partial charge in [0.25, 0.3) is 0 Å². The van der Waals surface area contributed by atoms with Gasteiger partial charge in [-0.15, -0.1) is 0 Å². The largest absolute Gasteiger partial charge is 0.497 e. The highest BCUT2D eigenvalue weighted by atomic mass is 32.2. The Hall–Kier alpha value is -2.80. The maximum Gasteiger partial charge on any atom is 0.238 e. The number of rotatable bonds is 5. The average molecular weight is 412 g/mol. The van der Waals surface area contributed by atoms with Crippen LogP contribution in [0.25, 0.3) is 0 Å². The molecule has 1 aliphatic heterocycles. The number of carbonyl (C=O) groups excluding carboxylic acids is 2. The normalized spacial score (nSPS) is 18.1. The first kappa shape index (κ1) is 20.9. The van der Waals surface area contributed by atoms with E-state index < -0.39 is 5.25 Å². The Balaban J connectivity index is 1.79. The standard InChI is InChI=1S/C22H25N3O3S/c1-5-25-20(26)13-19(21(27)23-16-8-10-18(28-4)11-9-16)29-22(25)24-17-7-6-14(2)15(3)12-17/h6-12,19H,5,13H2,1-4H3,(H,23,27)/t19-/m0/s1. The topological polar surface area (TPSA) is 71.0 Å². The Morgan fingerprint density at radius 2 is 1.93 bits per heavy atom. The van der Waals surface area contributed by atoms with Crippen LogP contribution in [0.3, 0.4) is 0 Å². The van der Waals surface area contributed by atoms with E-state index >= 15 is 0 Å². The molecule has 0 saturated carbocycles. The summed E-state index contributed by atoms with van der Waals surface area (Å²) in [4.78, 5) is 31.7. The minimum Gasteiger partial charge on any atom is -0.497 e. The van der Waals surface area contributed by atoms with Crippen LogP contribution in [-0.2, 0) is 9.59 Å². The number of nitrogens with zero attached hydrogens (tertiary/aromatic N) is 2. The summed E-state index contributed by atoms with van der Waals surface area (Å²) >= 11 is 1.33. The zero-order valence-electron chi connectivity index (χ0n) is 17.1. The number of amides is 2. The number of amidine groups is 1. The van der Waals surface area contributed by atoms with E-state index in [-0.39, 0.29) is 18.2 Å². The number of carbonyl (C=O) groups is 2. The summed E-state index contributed by atoms with van der Waals surface area (Å²) in [7, 11) is 1.59. The third-order valence-corrected chi connectivity index (χ3v) is 6.01. The molecule has 1 aliphatic rings. The van der Waals surface area contributed by atoms with Crippen molar-refractivity contribution in [1.82, 2.24) is 4.90 Å². The van der Waals surface area contributed by atoms with E-state index in [0.29, 0.717) is 23.1 Å². The number of nitrogens with one attached hydrogen (secondary N) is 1. The second-order valence-electron chi connectivity index (χ2n) is 6.83. The van der Waals surface area contributed by atoms with E-state index in [0.717, 1.165) is 11.3 Å². The van der Waals surface area contributed by atoms with Gasteiger partial charge in [0.15, 0.2) is 5.17 Å². The van der Waals surface area contributed by atoms with Crippen LogP contribution in [0, 0.1) is 13.8 Å². The van der Waals surface area contributed by atoms with E-state index in [1.54, 1.807) is 36.3 Å². The number of ether oxygens (including phenoxy) is 1. The molecule has 1 atom stereocenters. The minimum atomic E-state index is -0.530. The number of benzene rings is 2. The lowest BCUT2D eigenvalue weighted by molar-refractivity contribution is -0.129. The molecule has 0 spiro atoms. The van der Waals surface area contributed by atoms with Gasteiger partial charge in [0.2, 0.25) is 11.8 Å². The molecule has 2 amide bonds. The van der Waals surface area contributed by atoms with Crippen molar-refractivity contribution in [2.24, 2.45) is 4.99 Å². The molecule has 0 radical (unpaired) electrons. The molecule has 1 heterocycles. The van der Waals surface area contributed by atoms with Crippen molar-refractivity contribution in [3.8, 4) is 5.75 Å². The fourth-order valence-electron chi connectivity index (χ4n) is 2.96. The van der Waals surface area contributed by atoms with Gasteiger partial charge in [-0.2, -0.15) is 0 Å². The molecule has 2 aromatic carbocycles. The number of anilines is 1. The van der Waals surface area contributed by atoms with Crippen molar-refractivity contribution in [2.45, 2.75) is 32.4 Å². The monoisotopic (exact) mass is 411 g/mol. The predicted octanol–water partition coefficient (Wildman–Crippen LogP) is 4.29. The molecule has 6 nitrogen and oxygen atoms in total. The van der Waals surface area contributed by atoms with Crippen LogP contribution in [0.4, 0.5) is 11.4 Å². The zero-order valence-corrected chi connectivity index (χ0v) is 17.9. The molecule has 3 rings (SSSR count). The second-order valence-corrected chi connectivity index (χ2v) is 8.00. The Bertz CT molecular complexity index is 941. The fourth-order valence-corrected chi connectivity index (χ4v) is 4.12. The number of aliphatic imine (C=N–C) groups is 1. The molecule has 7 heteroatoms. The summed E-state index contributed by atoms with van der Waals surface area (Å²) in [6.45, 7) is 6.50. The number of aryl methyl sites for hydroxylation is 2. The van der Waals surface area contributed by atoms with Crippen LogP contribution in [0.1, 0.15) is 24.5 Å². The summed E-state index contributed by atoms with van der Waals surface area (Å²) in [6, 6.07) is 13.0. The average Bonchev–Trinajstić information content (AvgIpc) is 2.71. The van der Waals surface area contributed by atoms with Crippen LogP contribution < -0.4 is 10.1 Å². The van der Waals surface area contributed by atoms with Crippen molar-refractivity contribution < 1.29 is 14.3 Å². The lowest BCUT2D eigenvalue weighted by atomic mass is 10.1. The van der Waals surface area contributed by atoms with Crippen LogP contribution >= 0.6 is 11.8 Å². The molecule has 0 unspecified atom stereocenters. The van der Waals surface area contributed by atoms with Crippen molar-refractivity contribution in [1.29, 1.82) is 0 Å². The fraction of sp³-hybridized carbons (Fsp3) is 0.318. The predicted molar refractivity (Wildman–Crippen MR) is 118 cm³/mol. The first-order valence-electron chi connectivity index (χ1n) is 9.49. The van der Waals surface area contributed by atoms with Crippen LogP contribution in [0.2, 0.25) is 0 Å². The van der Waals surface area contributed by atoms with Crippen molar-refractivity contribution in [3.63, 3.8) is 0 Å². The number of methoxy groups -OCH3 is 1. The SMILES string of the molecule is CCN1C(=O)C[C@@H](C(=O)Nc2ccc(OC)cc2)SC1=Nc1ccc(C)c(C)c1. The first-order chi connectivity index (χ1) is 13.9. The Morgan fingerprint density at radius 1 is 1.21 bits per heavy atom.